The van der Waals surface area contributed by atoms with E-state index in [2.05, 4.69) is 44.9 Å². The van der Waals surface area contributed by atoms with Crippen LogP contribution in [0.3, 0.4) is 0 Å². The fourth-order valence-electron chi connectivity index (χ4n) is 2.52. The van der Waals surface area contributed by atoms with E-state index in [1.165, 1.54) is 23.0 Å². The van der Waals surface area contributed by atoms with E-state index in [4.69, 9.17) is 11.6 Å². The van der Waals surface area contributed by atoms with Crippen LogP contribution in [0.5, 0.6) is 0 Å². The molecule has 108 valence electrons. The van der Waals surface area contributed by atoms with E-state index < -0.39 is 0 Å². The Bertz CT molecular complexity index is 427. The molecular formula is C14H23BrClN3. The van der Waals surface area contributed by atoms with Crippen LogP contribution in [0.15, 0.2) is 4.47 Å². The number of rotatable bonds is 8. The van der Waals surface area contributed by atoms with E-state index >= 15 is 0 Å². The highest BCUT2D eigenvalue weighted by molar-refractivity contribution is 9.10. The van der Waals surface area contributed by atoms with Crippen molar-refractivity contribution in [1.29, 1.82) is 0 Å². The van der Waals surface area contributed by atoms with Crippen molar-refractivity contribution in [3.63, 3.8) is 0 Å². The predicted octanol–water partition coefficient (Wildman–Crippen LogP) is 3.73. The average Bonchev–Trinajstić information content (AvgIpc) is 3.10. The summed E-state index contributed by atoms with van der Waals surface area (Å²) < 4.78 is 3.27. The van der Waals surface area contributed by atoms with Gasteiger partial charge in [0.05, 0.1) is 15.9 Å². The Kier molecular flexibility index (Phi) is 5.32. The summed E-state index contributed by atoms with van der Waals surface area (Å²) >= 11 is 9.55. The van der Waals surface area contributed by atoms with E-state index in [1.54, 1.807) is 0 Å². The van der Waals surface area contributed by atoms with E-state index in [1.807, 2.05) is 0 Å². The molecule has 1 N–H and O–H groups in total. The number of alkyl halides is 1. The van der Waals surface area contributed by atoms with E-state index in [-0.39, 0.29) is 0 Å². The maximum atomic E-state index is 5.87. The Morgan fingerprint density at radius 3 is 2.68 bits per heavy atom. The van der Waals surface area contributed by atoms with E-state index in [0.29, 0.717) is 5.41 Å². The van der Waals surface area contributed by atoms with Crippen molar-refractivity contribution in [3.8, 4) is 0 Å². The summed E-state index contributed by atoms with van der Waals surface area (Å²) in [6, 6.07) is 0. The molecule has 2 rings (SSSR count). The average molecular weight is 349 g/mol. The lowest BCUT2D eigenvalue weighted by Gasteiger charge is -2.15. The van der Waals surface area contributed by atoms with Gasteiger partial charge in [-0.05, 0) is 54.0 Å². The van der Waals surface area contributed by atoms with Crippen LogP contribution < -0.4 is 5.32 Å². The third kappa shape index (κ3) is 3.53. The zero-order chi connectivity index (χ0) is 13.9. The number of hydrogen-bond acceptors (Lipinski definition) is 2. The first-order chi connectivity index (χ1) is 9.15. The first kappa shape index (κ1) is 15.3. The minimum absolute atomic E-state index is 0.485. The summed E-state index contributed by atoms with van der Waals surface area (Å²) in [6.45, 7) is 7.15. The maximum absolute atomic E-state index is 5.87. The van der Waals surface area contributed by atoms with Crippen LogP contribution in [0, 0.1) is 5.41 Å². The molecule has 1 fully saturated rings. The highest BCUT2D eigenvalue weighted by Gasteiger charge is 2.41. The first-order valence-corrected chi connectivity index (χ1v) is 8.49. The molecule has 0 radical (unpaired) electrons. The number of nitrogens with one attached hydrogen (secondary N) is 1. The lowest BCUT2D eigenvalue weighted by Crippen LogP contribution is -2.25. The molecule has 1 aromatic heterocycles. The second-order valence-electron chi connectivity index (χ2n) is 5.42. The van der Waals surface area contributed by atoms with Crippen molar-refractivity contribution in [2.45, 2.75) is 52.6 Å². The van der Waals surface area contributed by atoms with Gasteiger partial charge in [-0.1, -0.05) is 6.92 Å². The minimum atomic E-state index is 0.485. The molecule has 3 nitrogen and oxygen atoms in total. The van der Waals surface area contributed by atoms with Crippen LogP contribution in [0.4, 0.5) is 0 Å². The Labute approximate surface area is 129 Å². The Balaban J connectivity index is 1.94. The molecule has 19 heavy (non-hydrogen) atoms. The molecule has 0 saturated heterocycles. The lowest BCUT2D eigenvalue weighted by molar-refractivity contribution is 0.438. The van der Waals surface area contributed by atoms with Gasteiger partial charge in [-0.25, -0.2) is 0 Å². The van der Waals surface area contributed by atoms with Gasteiger partial charge in [-0.2, -0.15) is 5.10 Å². The van der Waals surface area contributed by atoms with Gasteiger partial charge in [0.25, 0.3) is 0 Å². The zero-order valence-electron chi connectivity index (χ0n) is 11.8. The molecule has 5 heteroatoms. The van der Waals surface area contributed by atoms with Crippen LogP contribution in [0.1, 0.15) is 44.5 Å². The number of aromatic nitrogens is 2. The topological polar surface area (TPSA) is 29.9 Å². The Hall–Kier alpha value is -0.0600. The molecular weight excluding hydrogens is 326 g/mol. The molecule has 0 unspecified atom stereocenters. The van der Waals surface area contributed by atoms with Gasteiger partial charge in [0, 0.05) is 25.5 Å². The van der Waals surface area contributed by atoms with Crippen molar-refractivity contribution < 1.29 is 0 Å². The van der Waals surface area contributed by atoms with Crippen molar-refractivity contribution in [3.05, 3.63) is 15.9 Å². The van der Waals surface area contributed by atoms with Crippen LogP contribution in [-0.2, 0) is 19.5 Å². The normalized spacial score (nSPS) is 16.8. The zero-order valence-corrected chi connectivity index (χ0v) is 14.1. The predicted molar refractivity (Wildman–Crippen MR) is 83.7 cm³/mol. The van der Waals surface area contributed by atoms with Gasteiger partial charge in [0.15, 0.2) is 0 Å². The number of halogens is 2. The van der Waals surface area contributed by atoms with Crippen LogP contribution >= 0.6 is 27.5 Å². The highest BCUT2D eigenvalue weighted by atomic mass is 79.9. The first-order valence-electron chi connectivity index (χ1n) is 7.16. The Morgan fingerprint density at radius 1 is 1.42 bits per heavy atom. The molecule has 1 aliphatic rings. The summed E-state index contributed by atoms with van der Waals surface area (Å²) in [4.78, 5) is 0. The van der Waals surface area contributed by atoms with Gasteiger partial charge in [0.2, 0.25) is 0 Å². The fourth-order valence-corrected chi connectivity index (χ4v) is 3.63. The molecule has 0 aliphatic heterocycles. The molecule has 0 spiro atoms. The van der Waals surface area contributed by atoms with Crippen LogP contribution in [-0.4, -0.2) is 22.2 Å². The Morgan fingerprint density at radius 2 is 2.16 bits per heavy atom. The molecule has 0 atom stereocenters. The quantitative estimate of drug-likeness (QED) is 0.726. The second-order valence-corrected chi connectivity index (χ2v) is 6.59. The van der Waals surface area contributed by atoms with Crippen molar-refractivity contribution in [1.82, 2.24) is 15.1 Å². The van der Waals surface area contributed by atoms with Crippen molar-refractivity contribution in [2.75, 3.05) is 12.4 Å². The summed E-state index contributed by atoms with van der Waals surface area (Å²) in [5.74, 6) is 0.776. The van der Waals surface area contributed by atoms with Gasteiger partial charge < -0.3 is 5.32 Å². The van der Waals surface area contributed by atoms with Gasteiger partial charge in [0.1, 0.15) is 0 Å². The lowest BCUT2D eigenvalue weighted by atomic mass is 10.0. The maximum Gasteiger partial charge on any atom is 0.0767 e. The summed E-state index contributed by atoms with van der Waals surface area (Å²) in [5.41, 5.74) is 2.90. The summed E-state index contributed by atoms with van der Waals surface area (Å²) in [5, 5.41) is 8.22. The van der Waals surface area contributed by atoms with Crippen LogP contribution in [0.2, 0.25) is 0 Å². The summed E-state index contributed by atoms with van der Waals surface area (Å²) in [6.07, 6.45) is 4.75. The molecule has 1 aliphatic carbocycles. The smallest absolute Gasteiger partial charge is 0.0767 e. The monoisotopic (exact) mass is 347 g/mol. The van der Waals surface area contributed by atoms with Crippen LogP contribution in [0.25, 0.3) is 0 Å². The molecule has 0 bridgehead atoms. The standard InChI is InChI=1S/C14H23BrClN3/c1-3-11-13(15)12(19(4-2)18-11)9-17-10-14(5-6-14)7-8-16/h17H,3-10H2,1-2H3. The van der Waals surface area contributed by atoms with E-state index in [9.17, 15) is 0 Å². The van der Waals surface area contributed by atoms with Gasteiger partial charge >= 0.3 is 0 Å². The van der Waals surface area contributed by atoms with Gasteiger partial charge in [-0.3, -0.25) is 4.68 Å². The third-order valence-electron chi connectivity index (χ3n) is 4.07. The van der Waals surface area contributed by atoms with E-state index in [0.717, 1.165) is 44.0 Å². The summed E-state index contributed by atoms with van der Waals surface area (Å²) in [7, 11) is 0. The number of aryl methyl sites for hydroxylation is 2. The fraction of sp³-hybridized carbons (Fsp3) is 0.786. The second kappa shape index (κ2) is 6.59. The number of hydrogen-bond donors (Lipinski definition) is 1. The van der Waals surface area contributed by atoms with Gasteiger partial charge in [-0.15, -0.1) is 11.6 Å². The molecule has 0 amide bonds. The van der Waals surface area contributed by atoms with Crippen molar-refractivity contribution in [2.24, 2.45) is 5.41 Å². The molecule has 1 saturated carbocycles. The molecule has 1 heterocycles. The minimum Gasteiger partial charge on any atom is -0.311 e. The molecule has 0 aromatic carbocycles. The van der Waals surface area contributed by atoms with Crippen molar-refractivity contribution >= 4 is 27.5 Å². The largest absolute Gasteiger partial charge is 0.311 e. The highest BCUT2D eigenvalue weighted by Crippen LogP contribution is 2.48. The SMILES string of the molecule is CCc1nn(CC)c(CNCC2(CCCl)CC2)c1Br. The third-order valence-corrected chi connectivity index (χ3v) is 5.17. The number of nitrogens with zero attached hydrogens (tertiary/aromatic N) is 2. The molecule has 1 aromatic rings.